The number of hydrogen-bond donors (Lipinski definition) is 1. The zero-order valence-corrected chi connectivity index (χ0v) is 20.0. The second-order valence-electron chi connectivity index (χ2n) is 8.91. The molecule has 0 atom stereocenters. The van der Waals surface area contributed by atoms with Crippen molar-refractivity contribution < 1.29 is 4.42 Å². The predicted octanol–water partition coefficient (Wildman–Crippen LogP) is 5.02. The third-order valence-corrected chi connectivity index (χ3v) is 6.44. The van der Waals surface area contributed by atoms with E-state index in [2.05, 4.69) is 27.4 Å². The molecule has 0 radical (unpaired) electrons. The number of aromatic nitrogens is 3. The molecule has 0 saturated heterocycles. The zero-order chi connectivity index (χ0) is 25.0. The van der Waals surface area contributed by atoms with Crippen LogP contribution in [-0.4, -0.2) is 14.4 Å². The van der Waals surface area contributed by atoms with Gasteiger partial charge in [0, 0.05) is 17.5 Å². The van der Waals surface area contributed by atoms with E-state index in [-0.39, 0.29) is 5.56 Å². The molecule has 0 amide bonds. The van der Waals surface area contributed by atoms with E-state index in [0.29, 0.717) is 38.9 Å². The maximum absolute atomic E-state index is 13.4. The van der Waals surface area contributed by atoms with E-state index in [9.17, 15) is 10.1 Å². The first-order valence-corrected chi connectivity index (χ1v) is 11.5. The molecule has 6 aromatic rings. The molecule has 3 heterocycles. The van der Waals surface area contributed by atoms with Crippen molar-refractivity contribution in [2.45, 2.75) is 20.8 Å². The minimum atomic E-state index is -0.226. The van der Waals surface area contributed by atoms with Crippen molar-refractivity contribution in [1.29, 1.82) is 5.26 Å². The molecule has 0 aliphatic carbocycles. The second kappa shape index (κ2) is 8.07. The lowest BCUT2D eigenvalue weighted by Gasteiger charge is -2.05. The van der Waals surface area contributed by atoms with Crippen LogP contribution < -0.4 is 16.1 Å². The van der Waals surface area contributed by atoms with Crippen LogP contribution in [0, 0.1) is 32.1 Å². The number of nitrogens with zero attached hydrogens (tertiary/aromatic N) is 4. The van der Waals surface area contributed by atoms with Gasteiger partial charge >= 0.3 is 0 Å². The van der Waals surface area contributed by atoms with E-state index in [4.69, 9.17) is 4.42 Å². The van der Waals surface area contributed by atoms with Crippen LogP contribution in [-0.2, 0) is 0 Å². The lowest BCUT2D eigenvalue weighted by molar-refractivity contribution is 0.617. The number of oxazole rings is 1. The Morgan fingerprint density at radius 2 is 1.78 bits per heavy atom. The number of nitrogens with one attached hydrogen (secondary N) is 1. The molecule has 6 rings (SSSR count). The van der Waals surface area contributed by atoms with Crippen LogP contribution in [0.2, 0.25) is 0 Å². The summed E-state index contributed by atoms with van der Waals surface area (Å²) in [6.07, 6.45) is 1.65. The van der Waals surface area contributed by atoms with Crippen LogP contribution in [0.25, 0.3) is 45.4 Å². The van der Waals surface area contributed by atoms with Crippen LogP contribution in [0.4, 0.5) is 5.69 Å². The summed E-state index contributed by atoms with van der Waals surface area (Å²) in [5, 5.41) is 13.4. The number of anilines is 1. The molecule has 0 bridgehead atoms. The number of imidazole rings is 1. The maximum atomic E-state index is 13.4. The number of nitriles is 1. The van der Waals surface area contributed by atoms with Gasteiger partial charge in [0.25, 0.3) is 5.56 Å². The topological polar surface area (TPSA) is 96.2 Å². The molecule has 3 aromatic carbocycles. The highest BCUT2D eigenvalue weighted by Crippen LogP contribution is 2.28. The van der Waals surface area contributed by atoms with E-state index in [1.54, 1.807) is 13.1 Å². The molecule has 174 valence electrons. The Morgan fingerprint density at radius 3 is 2.56 bits per heavy atom. The Morgan fingerprint density at radius 1 is 1.00 bits per heavy atom. The van der Waals surface area contributed by atoms with Gasteiger partial charge in [0.15, 0.2) is 11.2 Å². The molecule has 0 fully saturated rings. The van der Waals surface area contributed by atoms with Crippen LogP contribution in [0.5, 0.6) is 0 Å². The smallest absolute Gasteiger partial charge is 0.265 e. The number of pyridine rings is 1. The summed E-state index contributed by atoms with van der Waals surface area (Å²) in [5.41, 5.74) is 7.96. The van der Waals surface area contributed by atoms with E-state index < -0.39 is 0 Å². The largest absolute Gasteiger partial charge is 0.436 e. The van der Waals surface area contributed by atoms with Crippen molar-refractivity contribution in [1.82, 2.24) is 14.4 Å². The number of rotatable bonds is 3. The van der Waals surface area contributed by atoms with Crippen molar-refractivity contribution >= 4 is 39.7 Å². The average molecular weight is 472 g/mol. The van der Waals surface area contributed by atoms with Crippen molar-refractivity contribution in [3.63, 3.8) is 0 Å². The predicted molar refractivity (Wildman–Crippen MR) is 141 cm³/mol. The summed E-state index contributed by atoms with van der Waals surface area (Å²) >= 11 is 0. The van der Waals surface area contributed by atoms with Gasteiger partial charge in [-0.25, -0.2) is 9.97 Å². The van der Waals surface area contributed by atoms with Gasteiger partial charge in [-0.1, -0.05) is 18.2 Å². The number of hydrogen-bond acceptors (Lipinski definition) is 6. The highest BCUT2D eigenvalue weighted by atomic mass is 16.3. The lowest BCUT2D eigenvalue weighted by Crippen LogP contribution is -2.34. The minimum Gasteiger partial charge on any atom is -0.436 e. The van der Waals surface area contributed by atoms with E-state index in [1.807, 2.05) is 68.4 Å². The molecule has 0 spiro atoms. The summed E-state index contributed by atoms with van der Waals surface area (Å²) in [6.45, 7) is 5.83. The first-order valence-electron chi connectivity index (χ1n) is 11.5. The fraction of sp³-hybridized carbons (Fsp3) is 0.103. The molecular formula is C29H21N5O2. The van der Waals surface area contributed by atoms with Crippen molar-refractivity contribution in [2.75, 3.05) is 5.32 Å². The average Bonchev–Trinajstić information content (AvgIpc) is 3.47. The summed E-state index contributed by atoms with van der Waals surface area (Å²) in [6, 6.07) is 21.3. The first kappa shape index (κ1) is 21.6. The van der Waals surface area contributed by atoms with Crippen LogP contribution in [0.1, 0.15) is 22.3 Å². The lowest BCUT2D eigenvalue weighted by atomic mass is 10.1. The number of benzene rings is 3. The molecular weight excluding hydrogens is 450 g/mol. The molecule has 36 heavy (non-hydrogen) atoms. The number of para-hydroxylation sites is 2. The summed E-state index contributed by atoms with van der Waals surface area (Å²) in [4.78, 5) is 22.6. The standard InChI is InChI=1S/C29H21N5O2/c1-16-12-17(2)26-24(13-16)33-28(36-26)19-8-10-20(11-9-19)31-15-22-18(3)21(14-30)27-32-23-6-4-5-7-25(23)34(27)29(22)35/h4-13,15,31H,1-3H3/b22-15+. The molecule has 3 aromatic heterocycles. The highest BCUT2D eigenvalue weighted by molar-refractivity contribution is 5.83. The van der Waals surface area contributed by atoms with Gasteiger partial charge in [0.1, 0.15) is 11.6 Å². The van der Waals surface area contributed by atoms with Gasteiger partial charge in [-0.05, 0) is 79.9 Å². The maximum Gasteiger partial charge on any atom is 0.265 e. The summed E-state index contributed by atoms with van der Waals surface area (Å²) < 4.78 is 7.52. The molecule has 0 unspecified atom stereocenters. The van der Waals surface area contributed by atoms with Gasteiger partial charge < -0.3 is 9.73 Å². The van der Waals surface area contributed by atoms with E-state index in [1.165, 1.54) is 4.40 Å². The third kappa shape index (κ3) is 3.31. The van der Waals surface area contributed by atoms with Crippen LogP contribution in [0.15, 0.2) is 69.9 Å². The summed E-state index contributed by atoms with van der Waals surface area (Å²) in [5.74, 6) is 0.558. The second-order valence-corrected chi connectivity index (χ2v) is 8.91. The van der Waals surface area contributed by atoms with Crippen LogP contribution in [0.3, 0.4) is 0 Å². The SMILES string of the molecule is Cc1cc(C)c2oc(-c3ccc(N/C=c4\c(C)c(C#N)c5nc6ccccc6n5c4=O)cc3)nc2c1. The Kier molecular flexibility index (Phi) is 4.83. The van der Waals surface area contributed by atoms with Gasteiger partial charge in [0.2, 0.25) is 5.89 Å². The third-order valence-electron chi connectivity index (χ3n) is 6.44. The molecule has 7 heteroatoms. The molecule has 0 aliphatic heterocycles. The fourth-order valence-corrected chi connectivity index (χ4v) is 4.65. The van der Waals surface area contributed by atoms with Gasteiger partial charge in [-0.2, -0.15) is 5.26 Å². The summed E-state index contributed by atoms with van der Waals surface area (Å²) in [7, 11) is 0. The van der Waals surface area contributed by atoms with Crippen molar-refractivity contribution in [3.05, 3.63) is 98.5 Å². The van der Waals surface area contributed by atoms with Gasteiger partial charge in [-0.15, -0.1) is 0 Å². The van der Waals surface area contributed by atoms with Crippen molar-refractivity contribution in [3.8, 4) is 17.5 Å². The minimum absolute atomic E-state index is 0.226. The first-order chi connectivity index (χ1) is 17.4. The number of fused-ring (bicyclic) bond motifs is 4. The normalized spacial score (nSPS) is 12.0. The molecule has 0 aliphatic rings. The quantitative estimate of drug-likeness (QED) is 0.389. The van der Waals surface area contributed by atoms with Gasteiger partial charge in [0.05, 0.1) is 21.8 Å². The monoisotopic (exact) mass is 471 g/mol. The fourth-order valence-electron chi connectivity index (χ4n) is 4.65. The van der Waals surface area contributed by atoms with E-state index >= 15 is 0 Å². The Hall–Kier alpha value is -4.96. The van der Waals surface area contributed by atoms with Gasteiger partial charge in [-0.3, -0.25) is 9.20 Å². The molecule has 1 N–H and O–H groups in total. The zero-order valence-electron chi connectivity index (χ0n) is 20.0. The Labute approximate surface area is 205 Å². The van der Waals surface area contributed by atoms with Crippen molar-refractivity contribution in [2.24, 2.45) is 0 Å². The number of aryl methyl sites for hydroxylation is 2. The van der Waals surface area contributed by atoms with Crippen LogP contribution >= 0.6 is 0 Å². The Bertz CT molecular complexity index is 1980. The van der Waals surface area contributed by atoms with E-state index in [0.717, 1.165) is 33.5 Å². The highest BCUT2D eigenvalue weighted by Gasteiger charge is 2.16. The Balaban J connectivity index is 1.39. The molecule has 0 saturated carbocycles. The molecule has 7 nitrogen and oxygen atoms in total.